The van der Waals surface area contributed by atoms with Gasteiger partial charge in [-0.15, -0.1) is 0 Å². The number of aliphatic imine (C=N–C) groups is 2. The molecule has 4 aliphatic heterocycles. The van der Waals surface area contributed by atoms with Crippen molar-refractivity contribution in [2.24, 2.45) is 15.7 Å². The SMILES string of the molecule is C=C1C[C@H]2C=Nc3cc(OCCCCCOc4cc5c(cc4OC)C(=O)N4CC(=C)C[C@@]4(N)C=N5)c(OC)cc3C(=O)N2C1. The summed E-state index contributed by atoms with van der Waals surface area (Å²) in [5.74, 6) is 1.73. The van der Waals surface area contributed by atoms with Crippen LogP contribution < -0.4 is 24.7 Å². The quantitative estimate of drug-likeness (QED) is 0.312. The lowest BCUT2D eigenvalue weighted by molar-refractivity contribution is 0.0702. The smallest absolute Gasteiger partial charge is 0.258 e. The number of rotatable bonds is 10. The number of hydrogen-bond donors (Lipinski definition) is 1. The normalized spacial score (nSPS) is 21.8. The van der Waals surface area contributed by atoms with Crippen molar-refractivity contribution in [3.05, 3.63) is 59.7 Å². The number of carbonyl (C=O) groups excluding carboxylic acids is 2. The highest BCUT2D eigenvalue weighted by Gasteiger charge is 2.43. The Morgan fingerprint density at radius 1 is 0.841 bits per heavy atom. The second kappa shape index (κ2) is 11.8. The standard InChI is InChI=1S/C33H37N5O6/c1-20-10-22-16-35-25-13-29(27(41-3)11-23(25)31(39)37(22)17-20)43-8-6-5-7-9-44-30-14-26-24(12-28(30)42-4)32(40)38-18-21(2)15-33(38,34)19-36-26/h11-14,16,19,22H,1-2,5-10,15,17-18,34H2,3-4H3/t22-,33-/m0/s1. The molecule has 2 N–H and O–H groups in total. The summed E-state index contributed by atoms with van der Waals surface area (Å²) in [7, 11) is 3.10. The Morgan fingerprint density at radius 3 is 2.09 bits per heavy atom. The molecular weight excluding hydrogens is 562 g/mol. The molecule has 0 aliphatic carbocycles. The van der Waals surface area contributed by atoms with Gasteiger partial charge < -0.3 is 34.5 Å². The van der Waals surface area contributed by atoms with Gasteiger partial charge in [0.1, 0.15) is 5.66 Å². The van der Waals surface area contributed by atoms with Crippen LogP contribution in [0.5, 0.6) is 23.0 Å². The molecule has 2 amide bonds. The van der Waals surface area contributed by atoms with Crippen molar-refractivity contribution in [3.8, 4) is 23.0 Å². The molecule has 0 spiro atoms. The lowest BCUT2D eigenvalue weighted by atomic mass is 10.1. The third-order valence-corrected chi connectivity index (χ3v) is 8.36. The molecule has 0 aromatic heterocycles. The van der Waals surface area contributed by atoms with Crippen molar-refractivity contribution in [2.75, 3.05) is 40.5 Å². The molecule has 11 heteroatoms. The van der Waals surface area contributed by atoms with Crippen LogP contribution in [0.2, 0.25) is 0 Å². The van der Waals surface area contributed by atoms with Gasteiger partial charge in [0.15, 0.2) is 23.0 Å². The van der Waals surface area contributed by atoms with Gasteiger partial charge in [-0.1, -0.05) is 24.3 Å². The molecule has 0 unspecified atom stereocenters. The largest absolute Gasteiger partial charge is 0.493 e. The molecule has 2 fully saturated rings. The van der Waals surface area contributed by atoms with Gasteiger partial charge in [0.25, 0.3) is 11.8 Å². The number of amides is 2. The summed E-state index contributed by atoms with van der Waals surface area (Å²) in [6.45, 7) is 9.87. The monoisotopic (exact) mass is 599 g/mol. The number of nitrogens with two attached hydrogens (primary N) is 1. The van der Waals surface area contributed by atoms with Crippen LogP contribution in [0.25, 0.3) is 0 Å². The maximum absolute atomic E-state index is 13.3. The van der Waals surface area contributed by atoms with E-state index in [2.05, 4.69) is 23.1 Å². The minimum Gasteiger partial charge on any atom is -0.493 e. The van der Waals surface area contributed by atoms with Crippen molar-refractivity contribution in [1.82, 2.24) is 9.80 Å². The van der Waals surface area contributed by atoms with Crippen LogP contribution in [0.3, 0.4) is 0 Å². The van der Waals surface area contributed by atoms with Crippen LogP contribution in [0.1, 0.15) is 52.8 Å². The molecule has 4 aliphatic rings. The van der Waals surface area contributed by atoms with Gasteiger partial charge in [0, 0.05) is 44.1 Å². The summed E-state index contributed by atoms with van der Waals surface area (Å²) < 4.78 is 23.2. The van der Waals surface area contributed by atoms with E-state index in [0.717, 1.165) is 36.8 Å². The number of benzene rings is 2. The van der Waals surface area contributed by atoms with Gasteiger partial charge in [0.2, 0.25) is 0 Å². The Bertz CT molecular complexity index is 1600. The maximum Gasteiger partial charge on any atom is 0.258 e. The Balaban J connectivity index is 1.03. The number of ether oxygens (including phenoxy) is 4. The third kappa shape index (κ3) is 5.43. The first kappa shape index (κ1) is 29.4. The zero-order valence-electron chi connectivity index (χ0n) is 25.1. The van der Waals surface area contributed by atoms with Gasteiger partial charge in [-0.25, -0.2) is 0 Å². The van der Waals surface area contributed by atoms with Crippen LogP contribution in [-0.2, 0) is 0 Å². The van der Waals surface area contributed by atoms with E-state index in [0.29, 0.717) is 78.2 Å². The van der Waals surface area contributed by atoms with Gasteiger partial charge in [-0.05, 0) is 37.8 Å². The van der Waals surface area contributed by atoms with Gasteiger partial charge in [-0.2, -0.15) is 0 Å². The molecule has 6 rings (SSSR count). The molecule has 11 nitrogen and oxygen atoms in total. The number of nitrogens with zero attached hydrogens (tertiary/aromatic N) is 4. The van der Waals surface area contributed by atoms with Gasteiger partial charge in [-0.3, -0.25) is 19.6 Å². The summed E-state index contributed by atoms with van der Waals surface area (Å²) in [5, 5.41) is 0. The highest BCUT2D eigenvalue weighted by Crippen LogP contribution is 2.41. The van der Waals surface area contributed by atoms with Crippen molar-refractivity contribution in [2.45, 2.75) is 43.8 Å². The predicted octanol–water partition coefficient (Wildman–Crippen LogP) is 4.59. The molecule has 2 saturated heterocycles. The third-order valence-electron chi connectivity index (χ3n) is 8.36. The van der Waals surface area contributed by atoms with Crippen LogP contribution in [0.4, 0.5) is 11.4 Å². The Hall–Kier alpha value is -4.64. The predicted molar refractivity (Wildman–Crippen MR) is 167 cm³/mol. The van der Waals surface area contributed by atoms with Crippen molar-refractivity contribution >= 4 is 35.6 Å². The fourth-order valence-corrected chi connectivity index (χ4v) is 6.08. The van der Waals surface area contributed by atoms with Crippen LogP contribution in [0, 0.1) is 0 Å². The zero-order valence-corrected chi connectivity index (χ0v) is 25.1. The number of fused-ring (bicyclic) bond motifs is 4. The molecular formula is C33H37N5O6. The summed E-state index contributed by atoms with van der Waals surface area (Å²) in [5.41, 5.74) is 9.40. The maximum atomic E-state index is 13.3. The molecule has 0 saturated carbocycles. The Morgan fingerprint density at radius 2 is 1.45 bits per heavy atom. The van der Waals surface area contributed by atoms with Crippen LogP contribution >= 0.6 is 0 Å². The fraction of sp³-hybridized carbons (Fsp3) is 0.394. The number of unbranched alkanes of at least 4 members (excludes halogenated alkanes) is 2. The summed E-state index contributed by atoms with van der Waals surface area (Å²) in [6.07, 6.45) is 7.04. The highest BCUT2D eigenvalue weighted by molar-refractivity contribution is 6.05. The zero-order chi connectivity index (χ0) is 31.0. The van der Waals surface area contributed by atoms with Crippen LogP contribution in [0.15, 0.2) is 58.6 Å². The molecule has 0 bridgehead atoms. The van der Waals surface area contributed by atoms with E-state index >= 15 is 0 Å². The lowest BCUT2D eigenvalue weighted by Gasteiger charge is -2.29. The van der Waals surface area contributed by atoms with E-state index in [1.54, 1.807) is 54.5 Å². The van der Waals surface area contributed by atoms with E-state index in [1.165, 1.54) is 0 Å². The fourth-order valence-electron chi connectivity index (χ4n) is 6.08. The minimum atomic E-state index is -0.982. The minimum absolute atomic E-state index is 0.0717. The molecule has 0 radical (unpaired) electrons. The van der Waals surface area contributed by atoms with E-state index in [4.69, 9.17) is 24.7 Å². The van der Waals surface area contributed by atoms with Crippen molar-refractivity contribution < 1.29 is 28.5 Å². The summed E-state index contributed by atoms with van der Waals surface area (Å²) in [4.78, 5) is 39.0. The van der Waals surface area contributed by atoms with E-state index in [1.807, 2.05) is 6.21 Å². The number of carbonyl (C=O) groups is 2. The molecule has 4 heterocycles. The molecule has 2 atom stereocenters. The first-order valence-electron chi connectivity index (χ1n) is 14.7. The first-order chi connectivity index (χ1) is 21.2. The number of methoxy groups -OCH3 is 2. The van der Waals surface area contributed by atoms with E-state index < -0.39 is 5.66 Å². The Labute approximate surface area is 256 Å². The topological polar surface area (TPSA) is 128 Å². The molecule has 44 heavy (non-hydrogen) atoms. The average molecular weight is 600 g/mol. The van der Waals surface area contributed by atoms with Crippen LogP contribution in [-0.4, -0.2) is 86.3 Å². The summed E-state index contributed by atoms with van der Waals surface area (Å²) in [6, 6.07) is 6.80. The molecule has 2 aromatic carbocycles. The Kier molecular flexibility index (Phi) is 7.89. The molecule has 2 aromatic rings. The van der Waals surface area contributed by atoms with Gasteiger partial charge >= 0.3 is 0 Å². The molecule has 230 valence electrons. The van der Waals surface area contributed by atoms with E-state index in [9.17, 15) is 9.59 Å². The average Bonchev–Trinajstić information content (AvgIpc) is 3.48. The highest BCUT2D eigenvalue weighted by atomic mass is 16.5. The van der Waals surface area contributed by atoms with Crippen molar-refractivity contribution in [3.63, 3.8) is 0 Å². The van der Waals surface area contributed by atoms with Gasteiger partial charge in [0.05, 0.1) is 56.0 Å². The lowest BCUT2D eigenvalue weighted by Crippen LogP contribution is -2.54. The second-order valence-corrected chi connectivity index (χ2v) is 11.6. The van der Waals surface area contributed by atoms with E-state index in [-0.39, 0.29) is 17.9 Å². The van der Waals surface area contributed by atoms with Crippen molar-refractivity contribution in [1.29, 1.82) is 0 Å². The summed E-state index contributed by atoms with van der Waals surface area (Å²) >= 11 is 0. The second-order valence-electron chi connectivity index (χ2n) is 11.6. The number of hydrogen-bond acceptors (Lipinski definition) is 9. The first-order valence-corrected chi connectivity index (χ1v) is 14.7.